The number of likely N-dealkylation sites (tertiary alicyclic amines) is 1. The van der Waals surface area contributed by atoms with Gasteiger partial charge in [-0.2, -0.15) is 0 Å². The molecule has 3 aliphatic heterocycles. The Hall–Kier alpha value is -1.13. The number of rotatable bonds is 3. The van der Waals surface area contributed by atoms with Crippen molar-refractivity contribution < 1.29 is 0 Å². The van der Waals surface area contributed by atoms with Crippen molar-refractivity contribution in [2.24, 2.45) is 11.3 Å². The third-order valence-corrected chi connectivity index (χ3v) is 6.02. The lowest BCUT2D eigenvalue weighted by Gasteiger charge is -2.49. The van der Waals surface area contributed by atoms with Crippen LogP contribution in [0.15, 0.2) is 24.4 Å². The molecule has 1 spiro atoms. The van der Waals surface area contributed by atoms with Gasteiger partial charge < -0.3 is 15.1 Å². The normalized spacial score (nSPS) is 22.5. The molecule has 0 bridgehead atoms. The molecule has 0 amide bonds. The molecule has 0 unspecified atom stereocenters. The summed E-state index contributed by atoms with van der Waals surface area (Å²) in [6.07, 6.45) is 7.36. The van der Waals surface area contributed by atoms with Gasteiger partial charge >= 0.3 is 0 Å². The van der Waals surface area contributed by atoms with Gasteiger partial charge in [-0.15, -0.1) is 0 Å². The molecule has 4 heterocycles. The summed E-state index contributed by atoms with van der Waals surface area (Å²) >= 11 is 0. The van der Waals surface area contributed by atoms with Gasteiger partial charge in [-0.1, -0.05) is 33.8 Å². The van der Waals surface area contributed by atoms with E-state index in [2.05, 4.69) is 32.2 Å². The van der Waals surface area contributed by atoms with Gasteiger partial charge in [0.05, 0.1) is 0 Å². The van der Waals surface area contributed by atoms with E-state index in [1.807, 2.05) is 40.0 Å². The monoisotopic (exact) mass is 360 g/mol. The van der Waals surface area contributed by atoms with Gasteiger partial charge in [0.25, 0.3) is 0 Å². The number of pyridine rings is 1. The van der Waals surface area contributed by atoms with Gasteiger partial charge in [0, 0.05) is 38.9 Å². The topological polar surface area (TPSA) is 31.4 Å². The Morgan fingerprint density at radius 2 is 1.65 bits per heavy atom. The predicted molar refractivity (Wildman–Crippen MR) is 113 cm³/mol. The molecule has 148 valence electrons. The Labute approximate surface area is 161 Å². The molecule has 0 atom stereocenters. The van der Waals surface area contributed by atoms with Crippen LogP contribution in [0.4, 0.5) is 5.82 Å². The quantitative estimate of drug-likeness (QED) is 0.882. The molecule has 4 nitrogen and oxygen atoms in total. The van der Waals surface area contributed by atoms with Crippen LogP contribution in [0.25, 0.3) is 0 Å². The molecule has 0 saturated carbocycles. The molecule has 0 aromatic carbocycles. The number of anilines is 1. The first-order valence-electron chi connectivity index (χ1n) is 10.9. The van der Waals surface area contributed by atoms with Gasteiger partial charge in [0.15, 0.2) is 0 Å². The summed E-state index contributed by atoms with van der Waals surface area (Å²) < 4.78 is 0. The first-order valence-corrected chi connectivity index (χ1v) is 10.9. The summed E-state index contributed by atoms with van der Waals surface area (Å²) in [5.41, 5.74) is 0.679. The van der Waals surface area contributed by atoms with Crippen molar-refractivity contribution in [2.75, 3.05) is 50.7 Å². The van der Waals surface area contributed by atoms with E-state index in [1.165, 1.54) is 71.5 Å². The molecular weight excluding hydrogens is 320 g/mol. The van der Waals surface area contributed by atoms with Gasteiger partial charge in [-0.25, -0.2) is 4.98 Å². The molecule has 1 aromatic rings. The molecule has 3 saturated heterocycles. The van der Waals surface area contributed by atoms with Gasteiger partial charge in [0.1, 0.15) is 5.82 Å². The van der Waals surface area contributed by atoms with Gasteiger partial charge in [-0.05, 0) is 62.2 Å². The van der Waals surface area contributed by atoms with Crippen molar-refractivity contribution in [1.29, 1.82) is 0 Å². The van der Waals surface area contributed by atoms with Crippen LogP contribution in [0, 0.1) is 11.3 Å². The zero-order valence-corrected chi connectivity index (χ0v) is 17.5. The molecule has 1 aromatic heterocycles. The van der Waals surface area contributed by atoms with Crippen LogP contribution < -0.4 is 10.2 Å². The highest BCUT2D eigenvalue weighted by atomic mass is 15.2. The van der Waals surface area contributed by atoms with Crippen LogP contribution in [0.5, 0.6) is 0 Å². The molecule has 26 heavy (non-hydrogen) atoms. The lowest BCUT2D eigenvalue weighted by molar-refractivity contribution is 0.0463. The smallest absolute Gasteiger partial charge is 0.128 e. The SMILES string of the molecule is CC.CC.c1ccc(N2CCC(CN3CCC4(CC3)CNC4)CC2)nc1. The fraction of sp³-hybridized carbons (Fsp3) is 0.773. The zero-order valence-electron chi connectivity index (χ0n) is 17.5. The van der Waals surface area contributed by atoms with Crippen LogP contribution in [0.3, 0.4) is 0 Å². The average molecular weight is 361 g/mol. The van der Waals surface area contributed by atoms with Crippen LogP contribution >= 0.6 is 0 Å². The molecule has 3 fully saturated rings. The van der Waals surface area contributed by atoms with E-state index in [0.717, 1.165) is 11.7 Å². The molecule has 0 radical (unpaired) electrons. The summed E-state index contributed by atoms with van der Waals surface area (Å²) in [4.78, 5) is 9.66. The van der Waals surface area contributed by atoms with Crippen LogP contribution in [0.1, 0.15) is 53.4 Å². The fourth-order valence-corrected chi connectivity index (χ4v) is 4.29. The van der Waals surface area contributed by atoms with E-state index < -0.39 is 0 Å². The Morgan fingerprint density at radius 3 is 2.15 bits per heavy atom. The van der Waals surface area contributed by atoms with E-state index in [-0.39, 0.29) is 0 Å². The van der Waals surface area contributed by atoms with Crippen molar-refractivity contribution in [2.45, 2.75) is 53.4 Å². The van der Waals surface area contributed by atoms with Crippen LogP contribution in [-0.4, -0.2) is 55.7 Å². The first-order chi connectivity index (χ1) is 12.8. The van der Waals surface area contributed by atoms with E-state index in [0.29, 0.717) is 5.41 Å². The van der Waals surface area contributed by atoms with Crippen LogP contribution in [0.2, 0.25) is 0 Å². The minimum Gasteiger partial charge on any atom is -0.357 e. The molecule has 0 aliphatic carbocycles. The van der Waals surface area contributed by atoms with Crippen molar-refractivity contribution in [3.8, 4) is 0 Å². The predicted octanol–water partition coefficient (Wildman–Crippen LogP) is 4.04. The minimum absolute atomic E-state index is 0.679. The first kappa shape index (κ1) is 21.2. The summed E-state index contributed by atoms with van der Waals surface area (Å²) in [6, 6.07) is 6.22. The van der Waals surface area contributed by atoms with Crippen molar-refractivity contribution in [1.82, 2.24) is 15.2 Å². The second kappa shape index (κ2) is 10.9. The third kappa shape index (κ3) is 5.43. The highest BCUT2D eigenvalue weighted by molar-refractivity contribution is 5.37. The molecule has 4 heteroatoms. The Kier molecular flexibility index (Phi) is 8.86. The van der Waals surface area contributed by atoms with Crippen molar-refractivity contribution >= 4 is 5.82 Å². The Morgan fingerprint density at radius 1 is 1.00 bits per heavy atom. The summed E-state index contributed by atoms with van der Waals surface area (Å²) in [7, 11) is 0. The number of nitrogens with one attached hydrogen (secondary N) is 1. The summed E-state index contributed by atoms with van der Waals surface area (Å²) in [5.74, 6) is 2.03. The fourth-order valence-electron chi connectivity index (χ4n) is 4.29. The standard InChI is InChI=1S/C18H28N4.2C2H6/c1-2-8-20-17(3-1)22-9-4-16(5-10-22)13-21-11-6-18(7-12-21)14-19-15-18;2*1-2/h1-3,8,16,19H,4-7,9-15H2;2*1-2H3. The molecule has 1 N–H and O–H groups in total. The van der Waals surface area contributed by atoms with E-state index in [4.69, 9.17) is 0 Å². The number of hydrogen-bond donors (Lipinski definition) is 1. The van der Waals surface area contributed by atoms with Crippen molar-refractivity contribution in [3.63, 3.8) is 0 Å². The molecule has 4 rings (SSSR count). The Bertz CT molecular complexity index is 468. The maximum absolute atomic E-state index is 4.48. The number of aromatic nitrogens is 1. The number of piperidine rings is 2. The molecule has 3 aliphatic rings. The zero-order chi connectivity index (χ0) is 18.8. The second-order valence-corrected chi connectivity index (χ2v) is 7.52. The third-order valence-electron chi connectivity index (χ3n) is 6.02. The van der Waals surface area contributed by atoms with E-state index >= 15 is 0 Å². The Balaban J connectivity index is 0.000000570. The van der Waals surface area contributed by atoms with Crippen molar-refractivity contribution in [3.05, 3.63) is 24.4 Å². The van der Waals surface area contributed by atoms with E-state index in [1.54, 1.807) is 0 Å². The number of nitrogens with zero attached hydrogens (tertiary/aromatic N) is 3. The largest absolute Gasteiger partial charge is 0.357 e. The molecular formula is C22H40N4. The minimum atomic E-state index is 0.679. The highest BCUT2D eigenvalue weighted by Gasteiger charge is 2.39. The van der Waals surface area contributed by atoms with Gasteiger partial charge in [-0.3, -0.25) is 0 Å². The van der Waals surface area contributed by atoms with Crippen LogP contribution in [-0.2, 0) is 0 Å². The average Bonchev–Trinajstić information content (AvgIpc) is 2.72. The lowest BCUT2D eigenvalue weighted by atomic mass is 9.73. The van der Waals surface area contributed by atoms with E-state index in [9.17, 15) is 0 Å². The summed E-state index contributed by atoms with van der Waals surface area (Å²) in [5, 5.41) is 3.46. The second-order valence-electron chi connectivity index (χ2n) is 7.52. The highest BCUT2D eigenvalue weighted by Crippen LogP contribution is 2.35. The maximum Gasteiger partial charge on any atom is 0.128 e. The summed E-state index contributed by atoms with van der Waals surface area (Å²) in [6.45, 7) is 16.8. The number of hydrogen-bond acceptors (Lipinski definition) is 4. The van der Waals surface area contributed by atoms with Gasteiger partial charge in [0.2, 0.25) is 0 Å². The lowest BCUT2D eigenvalue weighted by Crippen LogP contribution is -2.58. The maximum atomic E-state index is 4.48.